The molecule has 19 heavy (non-hydrogen) atoms. The van der Waals surface area contributed by atoms with E-state index in [0.29, 0.717) is 18.0 Å². The third-order valence-corrected chi connectivity index (χ3v) is 2.22. The summed E-state index contributed by atoms with van der Waals surface area (Å²) in [6.07, 6.45) is 0. The molecule has 0 bridgehead atoms. The molecule has 7 nitrogen and oxygen atoms in total. The zero-order valence-corrected chi connectivity index (χ0v) is 10.4. The van der Waals surface area contributed by atoms with Gasteiger partial charge in [-0.05, 0) is 19.1 Å². The van der Waals surface area contributed by atoms with Crippen LogP contribution in [0.3, 0.4) is 0 Å². The molecule has 0 heterocycles. The number of hydrogen-bond donors (Lipinski definition) is 4. The number of ether oxygens (including phenoxy) is 1. The summed E-state index contributed by atoms with van der Waals surface area (Å²) in [5, 5.41) is 22.1. The van der Waals surface area contributed by atoms with Crippen molar-refractivity contribution < 1.29 is 24.5 Å². The largest absolute Gasteiger partial charge is 0.492 e. The summed E-state index contributed by atoms with van der Waals surface area (Å²) in [7, 11) is 0. The molecule has 1 aromatic carbocycles. The average Bonchev–Trinajstić information content (AvgIpc) is 2.38. The van der Waals surface area contributed by atoms with Crippen LogP contribution in [0.4, 0.5) is 10.5 Å². The van der Waals surface area contributed by atoms with Crippen LogP contribution in [0.2, 0.25) is 0 Å². The number of carboxylic acid groups (broad SMARTS) is 1. The van der Waals surface area contributed by atoms with E-state index in [-0.39, 0.29) is 0 Å². The number of carbonyl (C=O) groups excluding carboxylic acids is 1. The summed E-state index contributed by atoms with van der Waals surface area (Å²) in [6.45, 7) is 1.56. The van der Waals surface area contributed by atoms with E-state index < -0.39 is 24.6 Å². The molecular formula is C12H16N2O5. The molecule has 7 heteroatoms. The number of carbonyl (C=O) groups is 2. The molecule has 0 aliphatic carbocycles. The first-order valence-corrected chi connectivity index (χ1v) is 5.71. The number of benzene rings is 1. The first kappa shape index (κ1) is 14.8. The number of aliphatic hydroxyl groups excluding tert-OH is 1. The summed E-state index contributed by atoms with van der Waals surface area (Å²) in [6, 6.07) is 4.69. The molecule has 2 amide bonds. The third kappa shape index (κ3) is 4.47. The number of hydrogen-bond acceptors (Lipinski definition) is 4. The second-order valence-corrected chi connectivity index (χ2v) is 3.60. The summed E-state index contributed by atoms with van der Waals surface area (Å²) >= 11 is 0. The number of anilines is 1. The van der Waals surface area contributed by atoms with Crippen LogP contribution in [0.5, 0.6) is 5.75 Å². The van der Waals surface area contributed by atoms with Crippen molar-refractivity contribution in [2.24, 2.45) is 0 Å². The Hall–Kier alpha value is -2.28. The molecule has 0 unspecified atom stereocenters. The SMILES string of the molecule is CCOc1ccccc1NC(=O)N[C@@H](CO)C(=O)O. The molecule has 0 aliphatic heterocycles. The van der Waals surface area contributed by atoms with Crippen LogP contribution in [0.1, 0.15) is 6.92 Å². The molecule has 1 rings (SSSR count). The number of carboxylic acids is 1. The van der Waals surface area contributed by atoms with Gasteiger partial charge in [-0.2, -0.15) is 0 Å². The van der Waals surface area contributed by atoms with Gasteiger partial charge in [0.15, 0.2) is 6.04 Å². The van der Waals surface area contributed by atoms with Gasteiger partial charge in [0.2, 0.25) is 0 Å². The molecule has 0 saturated carbocycles. The summed E-state index contributed by atoms with van der Waals surface area (Å²) in [5.74, 6) is -0.827. The first-order chi connectivity index (χ1) is 9.08. The van der Waals surface area contributed by atoms with Crippen molar-refractivity contribution in [1.82, 2.24) is 5.32 Å². The van der Waals surface area contributed by atoms with Gasteiger partial charge >= 0.3 is 12.0 Å². The fourth-order valence-electron chi connectivity index (χ4n) is 1.35. The van der Waals surface area contributed by atoms with Crippen LogP contribution in [0.25, 0.3) is 0 Å². The third-order valence-electron chi connectivity index (χ3n) is 2.22. The quantitative estimate of drug-likeness (QED) is 0.606. The van der Waals surface area contributed by atoms with E-state index in [0.717, 1.165) is 0 Å². The number of aliphatic hydroxyl groups is 1. The molecule has 0 spiro atoms. The fourth-order valence-corrected chi connectivity index (χ4v) is 1.35. The topological polar surface area (TPSA) is 108 Å². The van der Waals surface area contributed by atoms with E-state index >= 15 is 0 Å². The van der Waals surface area contributed by atoms with Crippen molar-refractivity contribution in [2.45, 2.75) is 13.0 Å². The van der Waals surface area contributed by atoms with Crippen molar-refractivity contribution >= 4 is 17.7 Å². The van der Waals surface area contributed by atoms with Gasteiger partial charge in [-0.3, -0.25) is 0 Å². The highest BCUT2D eigenvalue weighted by Crippen LogP contribution is 2.23. The van der Waals surface area contributed by atoms with Gasteiger partial charge in [0.25, 0.3) is 0 Å². The highest BCUT2D eigenvalue weighted by atomic mass is 16.5. The van der Waals surface area contributed by atoms with E-state index in [1.165, 1.54) is 0 Å². The normalized spacial score (nSPS) is 11.5. The molecule has 0 aromatic heterocycles. The molecule has 1 aromatic rings. The number of nitrogens with one attached hydrogen (secondary N) is 2. The van der Waals surface area contributed by atoms with Crippen LogP contribution >= 0.6 is 0 Å². The van der Waals surface area contributed by atoms with Gasteiger partial charge in [0, 0.05) is 0 Å². The minimum absolute atomic E-state index is 0.420. The highest BCUT2D eigenvalue weighted by Gasteiger charge is 2.19. The van der Waals surface area contributed by atoms with E-state index in [9.17, 15) is 9.59 Å². The predicted octanol–water partition coefficient (Wildman–Crippen LogP) is 0.652. The maximum Gasteiger partial charge on any atom is 0.328 e. The lowest BCUT2D eigenvalue weighted by molar-refractivity contribution is -0.140. The van der Waals surface area contributed by atoms with Crippen LogP contribution < -0.4 is 15.4 Å². The second kappa shape index (κ2) is 7.22. The number of amides is 2. The van der Waals surface area contributed by atoms with Crippen LogP contribution in [0.15, 0.2) is 24.3 Å². The van der Waals surface area contributed by atoms with Crippen LogP contribution in [0, 0.1) is 0 Å². The standard InChI is InChI=1S/C12H16N2O5/c1-2-19-10-6-4-3-5-8(10)13-12(18)14-9(7-15)11(16)17/h3-6,9,15H,2,7H2,1H3,(H,16,17)(H2,13,14,18)/t9-/m0/s1. The smallest absolute Gasteiger partial charge is 0.328 e. The van der Waals surface area contributed by atoms with Gasteiger partial charge in [-0.1, -0.05) is 12.1 Å². The first-order valence-electron chi connectivity index (χ1n) is 5.71. The lowest BCUT2D eigenvalue weighted by Crippen LogP contribution is -2.45. The van der Waals surface area contributed by atoms with E-state index in [1.54, 1.807) is 24.3 Å². The molecule has 1 atom stereocenters. The Morgan fingerprint density at radius 2 is 2.05 bits per heavy atom. The van der Waals surface area contributed by atoms with Crippen molar-refractivity contribution in [3.63, 3.8) is 0 Å². The zero-order chi connectivity index (χ0) is 14.3. The number of aliphatic carboxylic acids is 1. The number of urea groups is 1. The van der Waals surface area contributed by atoms with Gasteiger partial charge in [0.05, 0.1) is 18.9 Å². The van der Waals surface area contributed by atoms with Gasteiger partial charge in [-0.25, -0.2) is 9.59 Å². The van der Waals surface area contributed by atoms with Crippen molar-refractivity contribution in [3.8, 4) is 5.75 Å². The fraction of sp³-hybridized carbons (Fsp3) is 0.333. The maximum atomic E-state index is 11.6. The number of para-hydroxylation sites is 2. The molecule has 0 fully saturated rings. The minimum Gasteiger partial charge on any atom is -0.492 e. The molecule has 0 saturated heterocycles. The Kier molecular flexibility index (Phi) is 5.62. The monoisotopic (exact) mass is 268 g/mol. The Morgan fingerprint density at radius 3 is 2.63 bits per heavy atom. The summed E-state index contributed by atoms with van der Waals surface area (Å²) in [5.41, 5.74) is 0.420. The predicted molar refractivity (Wildman–Crippen MR) is 68.3 cm³/mol. The molecule has 104 valence electrons. The molecule has 0 radical (unpaired) electrons. The minimum atomic E-state index is -1.35. The second-order valence-electron chi connectivity index (χ2n) is 3.60. The van der Waals surface area contributed by atoms with Crippen LogP contribution in [-0.4, -0.2) is 41.5 Å². The Balaban J connectivity index is 2.69. The zero-order valence-electron chi connectivity index (χ0n) is 10.4. The Labute approximate surface area is 110 Å². The lowest BCUT2D eigenvalue weighted by Gasteiger charge is -2.14. The number of rotatable bonds is 6. The Morgan fingerprint density at radius 1 is 1.37 bits per heavy atom. The maximum absolute atomic E-state index is 11.6. The lowest BCUT2D eigenvalue weighted by atomic mass is 10.3. The highest BCUT2D eigenvalue weighted by molar-refractivity contribution is 5.93. The van der Waals surface area contributed by atoms with Gasteiger partial charge < -0.3 is 25.6 Å². The Bertz CT molecular complexity index is 450. The van der Waals surface area contributed by atoms with Crippen molar-refractivity contribution in [1.29, 1.82) is 0 Å². The van der Waals surface area contributed by atoms with Gasteiger partial charge in [-0.15, -0.1) is 0 Å². The van der Waals surface area contributed by atoms with Gasteiger partial charge in [0.1, 0.15) is 5.75 Å². The summed E-state index contributed by atoms with van der Waals surface area (Å²) < 4.78 is 5.31. The van der Waals surface area contributed by atoms with E-state index in [1.807, 2.05) is 6.92 Å². The van der Waals surface area contributed by atoms with Crippen LogP contribution in [-0.2, 0) is 4.79 Å². The average molecular weight is 268 g/mol. The van der Waals surface area contributed by atoms with E-state index in [2.05, 4.69) is 10.6 Å². The van der Waals surface area contributed by atoms with Crippen molar-refractivity contribution in [2.75, 3.05) is 18.5 Å². The summed E-state index contributed by atoms with van der Waals surface area (Å²) in [4.78, 5) is 22.3. The molecular weight excluding hydrogens is 252 g/mol. The molecule has 0 aliphatic rings. The molecule has 4 N–H and O–H groups in total. The van der Waals surface area contributed by atoms with Crippen molar-refractivity contribution in [3.05, 3.63) is 24.3 Å². The van der Waals surface area contributed by atoms with E-state index in [4.69, 9.17) is 14.9 Å².